The van der Waals surface area contributed by atoms with Crippen LogP contribution in [0, 0.1) is 5.41 Å². The summed E-state index contributed by atoms with van der Waals surface area (Å²) in [5, 5.41) is 8.80. The highest BCUT2D eigenvalue weighted by Crippen LogP contribution is 2.44. The third-order valence-corrected chi connectivity index (χ3v) is 5.62. The Kier molecular flexibility index (Phi) is 4.68. The largest absolute Gasteiger partial charge is 0.328 e. The monoisotopic (exact) mass is 380 g/mol. The van der Waals surface area contributed by atoms with Crippen molar-refractivity contribution in [2.45, 2.75) is 44.8 Å². The lowest BCUT2D eigenvalue weighted by Gasteiger charge is -2.37. The van der Waals surface area contributed by atoms with E-state index in [9.17, 15) is 4.79 Å². The fourth-order valence-electron chi connectivity index (χ4n) is 3.76. The van der Waals surface area contributed by atoms with Gasteiger partial charge in [0, 0.05) is 17.7 Å². The molecule has 0 saturated heterocycles. The van der Waals surface area contributed by atoms with Crippen LogP contribution in [0.15, 0.2) is 52.8 Å². The molecule has 2 heterocycles. The number of benzene rings is 1. The number of carbonyl (C=O) groups is 1. The topological polar surface area (TPSA) is 59.8 Å². The minimum atomic E-state index is -0.223. The molecule has 0 fully saturated rings. The van der Waals surface area contributed by atoms with E-state index in [4.69, 9.17) is 0 Å². The summed E-state index contributed by atoms with van der Waals surface area (Å²) in [5.74, 6) is 1.83. The Morgan fingerprint density at radius 1 is 1.30 bits per heavy atom. The number of anilines is 1. The van der Waals surface area contributed by atoms with E-state index in [1.807, 2.05) is 22.9 Å². The predicted molar refractivity (Wildman–Crippen MR) is 110 cm³/mol. The molecule has 1 N–H and O–H groups in total. The van der Waals surface area contributed by atoms with Crippen LogP contribution < -0.4 is 5.32 Å². The molecule has 0 saturated carbocycles. The number of aromatic nitrogens is 3. The molecular formula is C21H24N4OS. The lowest BCUT2D eigenvalue weighted by molar-refractivity contribution is -0.118. The van der Waals surface area contributed by atoms with Crippen LogP contribution in [0.25, 0.3) is 6.08 Å². The maximum atomic E-state index is 13.0. The van der Waals surface area contributed by atoms with Gasteiger partial charge in [0.25, 0.3) is 0 Å². The average Bonchev–Trinajstić information content (AvgIpc) is 3.01. The molecule has 0 radical (unpaired) electrons. The van der Waals surface area contributed by atoms with Gasteiger partial charge in [-0.3, -0.25) is 4.79 Å². The number of nitrogens with one attached hydrogen (secondary N) is 1. The number of nitrogens with zero attached hydrogens (tertiary/aromatic N) is 3. The number of hydrogen-bond donors (Lipinski definition) is 1. The summed E-state index contributed by atoms with van der Waals surface area (Å²) in [6.45, 7) is 6.37. The van der Waals surface area contributed by atoms with Crippen molar-refractivity contribution in [1.82, 2.24) is 14.8 Å². The van der Waals surface area contributed by atoms with Crippen molar-refractivity contribution < 1.29 is 4.79 Å². The van der Waals surface area contributed by atoms with Gasteiger partial charge in [-0.25, -0.2) is 4.68 Å². The SMILES string of the molecule is CCSc1nc2n(n1)C(/C=C/c1ccccc1)C1=C(CC(C)(C)CC1=O)N2. The van der Waals surface area contributed by atoms with Crippen molar-refractivity contribution in [3.63, 3.8) is 0 Å². The molecule has 1 aromatic carbocycles. The summed E-state index contributed by atoms with van der Waals surface area (Å²) >= 11 is 1.61. The van der Waals surface area contributed by atoms with Gasteiger partial charge in [0.1, 0.15) is 6.04 Å². The Labute approximate surface area is 164 Å². The Morgan fingerprint density at radius 2 is 2.07 bits per heavy atom. The maximum Gasteiger partial charge on any atom is 0.227 e. The van der Waals surface area contributed by atoms with Crippen LogP contribution in [0.3, 0.4) is 0 Å². The fraction of sp³-hybridized carbons (Fsp3) is 0.381. The van der Waals surface area contributed by atoms with Crippen molar-refractivity contribution in [2.75, 3.05) is 11.1 Å². The van der Waals surface area contributed by atoms with Crippen LogP contribution in [0.2, 0.25) is 0 Å². The molecule has 2 aromatic rings. The molecule has 0 bridgehead atoms. The smallest absolute Gasteiger partial charge is 0.227 e. The van der Waals surface area contributed by atoms with Crippen LogP contribution in [0.1, 0.15) is 45.2 Å². The summed E-state index contributed by atoms with van der Waals surface area (Å²) < 4.78 is 1.85. The van der Waals surface area contributed by atoms with E-state index in [1.54, 1.807) is 11.8 Å². The molecule has 0 amide bonds. The van der Waals surface area contributed by atoms with Gasteiger partial charge in [-0.2, -0.15) is 4.98 Å². The minimum absolute atomic E-state index is 0.0419. The fourth-order valence-corrected chi connectivity index (χ4v) is 4.32. The zero-order valence-electron chi connectivity index (χ0n) is 15.9. The average molecular weight is 381 g/mol. The molecule has 27 heavy (non-hydrogen) atoms. The molecule has 2 aliphatic rings. The van der Waals surface area contributed by atoms with Gasteiger partial charge >= 0.3 is 0 Å². The van der Waals surface area contributed by atoms with E-state index in [2.05, 4.69) is 60.5 Å². The lowest BCUT2D eigenvalue weighted by atomic mass is 9.74. The third kappa shape index (κ3) is 3.58. The van der Waals surface area contributed by atoms with Crippen molar-refractivity contribution >= 4 is 29.6 Å². The Hall–Kier alpha value is -2.34. The second-order valence-corrected chi connectivity index (χ2v) is 9.00. The first-order valence-corrected chi connectivity index (χ1v) is 10.3. The summed E-state index contributed by atoms with van der Waals surface area (Å²) in [6.07, 6.45) is 5.53. The van der Waals surface area contributed by atoms with Gasteiger partial charge in [0.2, 0.25) is 11.1 Å². The van der Waals surface area contributed by atoms with Gasteiger partial charge in [-0.15, -0.1) is 5.10 Å². The van der Waals surface area contributed by atoms with E-state index in [0.717, 1.165) is 40.1 Å². The van der Waals surface area contributed by atoms with Crippen LogP contribution in [0.4, 0.5) is 5.95 Å². The third-order valence-electron chi connectivity index (χ3n) is 4.90. The molecule has 1 unspecified atom stereocenters. The maximum absolute atomic E-state index is 13.0. The van der Waals surface area contributed by atoms with Gasteiger partial charge in [0.05, 0.1) is 0 Å². The Morgan fingerprint density at radius 3 is 2.81 bits per heavy atom. The van der Waals surface area contributed by atoms with Gasteiger partial charge in [-0.1, -0.05) is 75.0 Å². The van der Waals surface area contributed by atoms with E-state index in [-0.39, 0.29) is 17.2 Å². The number of Topliss-reactive ketones (excluding diaryl/α,β-unsaturated/α-hetero) is 1. The summed E-state index contributed by atoms with van der Waals surface area (Å²) in [5.41, 5.74) is 2.88. The summed E-state index contributed by atoms with van der Waals surface area (Å²) in [4.78, 5) is 17.6. The van der Waals surface area contributed by atoms with E-state index < -0.39 is 0 Å². The highest BCUT2D eigenvalue weighted by atomic mass is 32.2. The van der Waals surface area contributed by atoms with E-state index in [1.165, 1.54) is 0 Å². The second kappa shape index (κ2) is 7.00. The first kappa shape index (κ1) is 18.0. The first-order valence-electron chi connectivity index (χ1n) is 9.33. The van der Waals surface area contributed by atoms with Gasteiger partial charge < -0.3 is 5.32 Å². The van der Waals surface area contributed by atoms with Crippen LogP contribution >= 0.6 is 11.8 Å². The molecule has 5 nitrogen and oxygen atoms in total. The minimum Gasteiger partial charge on any atom is -0.328 e. The highest BCUT2D eigenvalue weighted by Gasteiger charge is 2.40. The van der Waals surface area contributed by atoms with E-state index >= 15 is 0 Å². The van der Waals surface area contributed by atoms with E-state index in [0.29, 0.717) is 6.42 Å². The number of ketones is 1. The van der Waals surface area contributed by atoms with Crippen LogP contribution in [0.5, 0.6) is 0 Å². The number of fused-ring (bicyclic) bond motifs is 1. The zero-order chi connectivity index (χ0) is 19.0. The van der Waals surface area contributed by atoms with Crippen molar-refractivity contribution in [3.8, 4) is 0 Å². The number of allylic oxidation sites excluding steroid dienone is 3. The molecule has 1 aliphatic heterocycles. The number of carbonyl (C=O) groups excluding carboxylic acids is 1. The number of hydrogen-bond acceptors (Lipinski definition) is 5. The summed E-state index contributed by atoms with van der Waals surface area (Å²) in [6, 6.07) is 9.91. The molecule has 1 aliphatic carbocycles. The lowest BCUT2D eigenvalue weighted by Crippen LogP contribution is -2.35. The quantitative estimate of drug-likeness (QED) is 0.778. The number of thioether (sulfide) groups is 1. The standard InChI is InChI=1S/C21H24N4OS/c1-4-27-20-23-19-22-15-12-21(2,3)13-17(26)18(15)16(25(19)24-20)11-10-14-8-6-5-7-9-14/h5-11,16H,4,12-13H2,1-3H3,(H,22,23,24)/b11-10+. The molecule has 140 valence electrons. The first-order chi connectivity index (χ1) is 13.0. The molecular weight excluding hydrogens is 356 g/mol. The van der Waals surface area contributed by atoms with Crippen LogP contribution in [-0.2, 0) is 4.79 Å². The van der Waals surface area contributed by atoms with Crippen LogP contribution in [-0.4, -0.2) is 26.3 Å². The summed E-state index contributed by atoms with van der Waals surface area (Å²) in [7, 11) is 0. The molecule has 4 rings (SSSR count). The second-order valence-electron chi connectivity index (χ2n) is 7.77. The van der Waals surface area contributed by atoms with Gasteiger partial charge in [0.15, 0.2) is 5.78 Å². The molecule has 6 heteroatoms. The predicted octanol–water partition coefficient (Wildman–Crippen LogP) is 4.71. The van der Waals surface area contributed by atoms with Gasteiger partial charge in [-0.05, 0) is 23.2 Å². The van der Waals surface area contributed by atoms with Crippen molar-refractivity contribution in [3.05, 3.63) is 53.2 Å². The van der Waals surface area contributed by atoms with Crippen molar-refractivity contribution in [2.24, 2.45) is 5.41 Å². The zero-order valence-corrected chi connectivity index (χ0v) is 16.7. The highest BCUT2D eigenvalue weighted by molar-refractivity contribution is 7.99. The normalized spacial score (nSPS) is 21.1. The molecule has 1 atom stereocenters. The van der Waals surface area contributed by atoms with Crippen molar-refractivity contribution in [1.29, 1.82) is 0 Å². The number of rotatable bonds is 4. The molecule has 0 spiro atoms. The Bertz CT molecular complexity index is 927. The molecule has 1 aromatic heterocycles. The Balaban J connectivity index is 1.78.